The highest BCUT2D eigenvalue weighted by atomic mass is 32.2. The smallest absolute Gasteiger partial charge is 0.277 e. The first-order valence-electron chi connectivity index (χ1n) is 9.59. The first-order chi connectivity index (χ1) is 12.9. The fraction of sp³-hybridized carbons (Fsp3) is 0.579. The molecule has 2 saturated heterocycles. The van der Waals surface area contributed by atoms with Gasteiger partial charge in [-0.1, -0.05) is 12.1 Å². The number of sulfone groups is 1. The molecule has 0 saturated carbocycles. The minimum atomic E-state index is -2.98. The molecule has 1 aromatic heterocycles. The number of aromatic nitrogens is 1. The van der Waals surface area contributed by atoms with Crippen LogP contribution in [-0.4, -0.2) is 61.9 Å². The van der Waals surface area contributed by atoms with Crippen LogP contribution in [0.5, 0.6) is 0 Å². The molecule has 8 heteroatoms. The number of rotatable bonds is 4. The van der Waals surface area contributed by atoms with Gasteiger partial charge in [0.2, 0.25) is 0 Å². The van der Waals surface area contributed by atoms with Gasteiger partial charge >= 0.3 is 0 Å². The second-order valence-corrected chi connectivity index (χ2v) is 11.0. The molecule has 2 aliphatic rings. The molecule has 1 amide bonds. The second kappa shape index (κ2) is 7.48. The first kappa shape index (κ1) is 18.8. The molecule has 0 radical (unpaired) electrons. The van der Waals surface area contributed by atoms with Crippen molar-refractivity contribution in [3.8, 4) is 0 Å². The third kappa shape index (κ3) is 4.02. The van der Waals surface area contributed by atoms with E-state index < -0.39 is 9.84 Å². The van der Waals surface area contributed by atoms with E-state index in [9.17, 15) is 13.2 Å². The minimum Gasteiger partial charge on any atom is -0.337 e. The number of thiazole rings is 1. The maximum atomic E-state index is 12.9. The number of para-hydroxylation sites is 1. The third-order valence-corrected chi connectivity index (χ3v) is 8.77. The number of carbonyl (C=O) groups excluding carboxylic acids is 1. The molecule has 2 fully saturated rings. The van der Waals surface area contributed by atoms with E-state index in [1.165, 1.54) is 9.60 Å². The van der Waals surface area contributed by atoms with Gasteiger partial charge in [0.15, 0.2) is 21.4 Å². The average molecular weight is 409 g/mol. The Morgan fingerprint density at radius 3 is 2.85 bits per heavy atom. The summed E-state index contributed by atoms with van der Waals surface area (Å²) >= 11 is 1.73. The largest absolute Gasteiger partial charge is 0.337 e. The molecule has 4 rings (SSSR count). The lowest BCUT2D eigenvalue weighted by Crippen LogP contribution is -3.14. The lowest BCUT2D eigenvalue weighted by Gasteiger charge is -2.33. The van der Waals surface area contributed by atoms with Crippen LogP contribution in [0, 0.1) is 0 Å². The fourth-order valence-corrected chi connectivity index (χ4v) is 7.17. The summed E-state index contributed by atoms with van der Waals surface area (Å²) in [6.07, 6.45) is 3.88. The average Bonchev–Trinajstić information content (AvgIpc) is 3.24. The maximum Gasteiger partial charge on any atom is 0.277 e. The number of likely N-dealkylation sites (tertiary alicyclic amines) is 1. The van der Waals surface area contributed by atoms with E-state index in [4.69, 9.17) is 4.98 Å². The van der Waals surface area contributed by atoms with Gasteiger partial charge in [0.05, 0.1) is 28.3 Å². The highest BCUT2D eigenvalue weighted by molar-refractivity contribution is 7.91. The number of nitrogens with zero attached hydrogens (tertiary/aromatic N) is 2. The molecule has 0 bridgehead atoms. The van der Waals surface area contributed by atoms with Crippen LogP contribution in [0.1, 0.15) is 36.7 Å². The van der Waals surface area contributed by atoms with Crippen LogP contribution < -0.4 is 4.90 Å². The van der Waals surface area contributed by atoms with Gasteiger partial charge in [0.25, 0.3) is 5.91 Å². The molecule has 27 heavy (non-hydrogen) atoms. The Labute approximate surface area is 164 Å². The normalized spacial score (nSPS) is 27.7. The molecule has 3 atom stereocenters. The molecule has 146 valence electrons. The Morgan fingerprint density at radius 1 is 1.30 bits per heavy atom. The summed E-state index contributed by atoms with van der Waals surface area (Å²) in [7, 11) is -1.23. The summed E-state index contributed by atoms with van der Waals surface area (Å²) in [6, 6.07) is 8.25. The van der Waals surface area contributed by atoms with Crippen LogP contribution in [0.3, 0.4) is 0 Å². The van der Waals surface area contributed by atoms with Crippen molar-refractivity contribution >= 4 is 37.3 Å². The van der Waals surface area contributed by atoms with E-state index in [0.717, 1.165) is 36.3 Å². The van der Waals surface area contributed by atoms with Crippen molar-refractivity contribution in [3.63, 3.8) is 0 Å². The maximum absolute atomic E-state index is 12.9. The van der Waals surface area contributed by atoms with Crippen LogP contribution >= 0.6 is 11.3 Å². The Kier molecular flexibility index (Phi) is 5.22. The molecule has 1 N–H and O–H groups in total. The van der Waals surface area contributed by atoms with Crippen molar-refractivity contribution in [2.24, 2.45) is 0 Å². The van der Waals surface area contributed by atoms with Gasteiger partial charge in [-0.2, -0.15) is 0 Å². The molecule has 2 aliphatic heterocycles. The standard InChI is InChI=1S/C19H25N3O3S2/c1-21(14-9-11-27(24,25)13-14)18(23)12-22-10-5-4-7-16(22)19-20-15-6-2-3-8-17(15)26-19/h2-3,6,8,14,16H,4-5,7,9-13H2,1H3/p+1/t14-,16-/m1/s1. The molecule has 1 unspecified atom stereocenters. The summed E-state index contributed by atoms with van der Waals surface area (Å²) in [5, 5.41) is 1.12. The van der Waals surface area contributed by atoms with Crippen LogP contribution in [-0.2, 0) is 14.6 Å². The predicted molar refractivity (Wildman–Crippen MR) is 107 cm³/mol. The lowest BCUT2D eigenvalue weighted by molar-refractivity contribution is -0.929. The summed E-state index contributed by atoms with van der Waals surface area (Å²) in [6.45, 7) is 1.37. The van der Waals surface area contributed by atoms with Crippen LogP contribution in [0.2, 0.25) is 0 Å². The molecule has 2 aromatic rings. The van der Waals surface area contributed by atoms with E-state index in [2.05, 4.69) is 6.07 Å². The molecule has 0 spiro atoms. The number of carbonyl (C=O) groups is 1. The number of amides is 1. The van der Waals surface area contributed by atoms with E-state index >= 15 is 0 Å². The number of nitrogens with one attached hydrogen (secondary N) is 1. The van der Waals surface area contributed by atoms with E-state index in [0.29, 0.717) is 13.0 Å². The quantitative estimate of drug-likeness (QED) is 0.821. The molecule has 3 heterocycles. The first-order valence-corrected chi connectivity index (χ1v) is 12.2. The van der Waals surface area contributed by atoms with E-state index in [1.54, 1.807) is 23.3 Å². The number of likely N-dealkylation sites (N-methyl/N-ethyl adjacent to an activating group) is 1. The number of piperidine rings is 1. The van der Waals surface area contributed by atoms with Crippen LogP contribution in [0.4, 0.5) is 0 Å². The van der Waals surface area contributed by atoms with Crippen molar-refractivity contribution < 1.29 is 18.1 Å². The highest BCUT2D eigenvalue weighted by Gasteiger charge is 2.36. The Bertz CT molecular complexity index is 908. The van der Waals surface area contributed by atoms with Crippen molar-refractivity contribution in [1.82, 2.24) is 9.88 Å². The molecule has 0 aliphatic carbocycles. The van der Waals surface area contributed by atoms with Gasteiger partial charge in [0.1, 0.15) is 6.04 Å². The zero-order valence-corrected chi connectivity index (χ0v) is 17.2. The second-order valence-electron chi connectivity index (χ2n) is 7.71. The molecular weight excluding hydrogens is 382 g/mol. The fourth-order valence-electron chi connectivity index (χ4n) is 4.23. The Morgan fingerprint density at radius 2 is 2.11 bits per heavy atom. The number of quaternary nitrogens is 1. The summed E-state index contributed by atoms with van der Waals surface area (Å²) in [5.41, 5.74) is 1.03. The zero-order valence-electron chi connectivity index (χ0n) is 15.6. The highest BCUT2D eigenvalue weighted by Crippen LogP contribution is 2.28. The van der Waals surface area contributed by atoms with Crippen molar-refractivity contribution in [2.45, 2.75) is 37.8 Å². The molecule has 6 nitrogen and oxygen atoms in total. The Hall–Kier alpha value is -1.51. The monoisotopic (exact) mass is 408 g/mol. The van der Waals surface area contributed by atoms with Gasteiger partial charge in [-0.25, -0.2) is 13.4 Å². The minimum absolute atomic E-state index is 0.0418. The van der Waals surface area contributed by atoms with E-state index in [1.807, 2.05) is 18.2 Å². The van der Waals surface area contributed by atoms with Crippen molar-refractivity contribution in [2.75, 3.05) is 31.6 Å². The third-order valence-electron chi connectivity index (χ3n) is 5.87. The van der Waals surface area contributed by atoms with Gasteiger partial charge in [-0.15, -0.1) is 11.3 Å². The summed E-state index contributed by atoms with van der Waals surface area (Å²) < 4.78 is 24.7. The van der Waals surface area contributed by atoms with E-state index in [-0.39, 0.29) is 29.5 Å². The zero-order chi connectivity index (χ0) is 19.0. The number of hydrogen-bond donors (Lipinski definition) is 1. The SMILES string of the molecule is CN(C(=O)C[NH+]1CCCC[C@@H]1c1nc2ccccc2s1)[C@@H]1CCS(=O)(=O)C1. The number of benzene rings is 1. The van der Waals surface area contributed by atoms with Gasteiger partial charge in [-0.3, -0.25) is 4.79 Å². The van der Waals surface area contributed by atoms with Gasteiger partial charge < -0.3 is 9.80 Å². The summed E-state index contributed by atoms with van der Waals surface area (Å²) in [4.78, 5) is 20.6. The topological polar surface area (TPSA) is 71.8 Å². The number of fused-ring (bicyclic) bond motifs is 1. The van der Waals surface area contributed by atoms with Crippen molar-refractivity contribution in [1.29, 1.82) is 0 Å². The van der Waals surface area contributed by atoms with Crippen molar-refractivity contribution in [3.05, 3.63) is 29.3 Å². The predicted octanol–water partition coefficient (Wildman–Crippen LogP) is 1.05. The molecular formula is C19H26N3O3S2+. The van der Waals surface area contributed by atoms with Crippen LogP contribution in [0.15, 0.2) is 24.3 Å². The van der Waals surface area contributed by atoms with Gasteiger partial charge in [0, 0.05) is 19.5 Å². The van der Waals surface area contributed by atoms with Crippen LogP contribution in [0.25, 0.3) is 10.2 Å². The number of hydrogen-bond acceptors (Lipinski definition) is 5. The van der Waals surface area contributed by atoms with Gasteiger partial charge in [-0.05, 0) is 31.4 Å². The lowest BCUT2D eigenvalue weighted by atomic mass is 10.0. The molecule has 1 aromatic carbocycles. The Balaban J connectivity index is 1.48. The summed E-state index contributed by atoms with van der Waals surface area (Å²) in [5.74, 6) is 0.339.